The van der Waals surface area contributed by atoms with E-state index in [9.17, 15) is 0 Å². The minimum atomic E-state index is -0.525. The summed E-state index contributed by atoms with van der Waals surface area (Å²) in [5.74, 6) is -0.124. The van der Waals surface area contributed by atoms with Crippen LogP contribution in [0.25, 0.3) is 22.3 Å². The lowest BCUT2D eigenvalue weighted by atomic mass is 9.98. The molecule has 5 heterocycles. The van der Waals surface area contributed by atoms with E-state index in [0.717, 1.165) is 41.7 Å². The SMILES string of the molecule is Cc1ccnc(Oc2ccc(-n3c(C4=CC5CCC(C4)N5)c(C)c4ncnc(N)c43)cc2F)n1. The maximum absolute atomic E-state index is 15.3. The number of hydrogen-bond acceptors (Lipinski definition) is 7. The van der Waals surface area contributed by atoms with Crippen LogP contribution >= 0.6 is 0 Å². The average molecular weight is 458 g/mol. The highest BCUT2D eigenvalue weighted by atomic mass is 19.1. The highest BCUT2D eigenvalue weighted by Crippen LogP contribution is 2.40. The second kappa shape index (κ2) is 7.88. The highest BCUT2D eigenvalue weighted by molar-refractivity contribution is 5.94. The van der Waals surface area contributed by atoms with E-state index in [1.807, 2.05) is 18.4 Å². The van der Waals surface area contributed by atoms with E-state index in [4.69, 9.17) is 10.5 Å². The van der Waals surface area contributed by atoms with Crippen LogP contribution in [0.4, 0.5) is 10.2 Å². The van der Waals surface area contributed by atoms with Gasteiger partial charge in [-0.2, -0.15) is 0 Å². The fourth-order valence-corrected chi connectivity index (χ4v) is 5.10. The summed E-state index contributed by atoms with van der Waals surface area (Å²) < 4.78 is 22.8. The van der Waals surface area contributed by atoms with Crippen LogP contribution < -0.4 is 15.8 Å². The molecule has 3 aromatic heterocycles. The maximum atomic E-state index is 15.3. The monoisotopic (exact) mass is 457 g/mol. The van der Waals surface area contributed by atoms with Gasteiger partial charge in [-0.25, -0.2) is 24.3 Å². The highest BCUT2D eigenvalue weighted by Gasteiger charge is 2.31. The molecule has 9 heteroatoms. The number of hydrogen-bond donors (Lipinski definition) is 2. The van der Waals surface area contributed by atoms with Gasteiger partial charge in [-0.3, -0.25) is 0 Å². The van der Waals surface area contributed by atoms with E-state index < -0.39 is 5.82 Å². The summed E-state index contributed by atoms with van der Waals surface area (Å²) in [6, 6.07) is 7.48. The Morgan fingerprint density at radius 2 is 2.03 bits per heavy atom. The first-order chi connectivity index (χ1) is 16.5. The molecule has 2 unspecified atom stereocenters. The van der Waals surface area contributed by atoms with Crippen molar-refractivity contribution in [3.63, 3.8) is 0 Å². The Balaban J connectivity index is 1.50. The molecule has 0 radical (unpaired) electrons. The van der Waals surface area contributed by atoms with Crippen LogP contribution in [0.1, 0.15) is 36.2 Å². The van der Waals surface area contributed by atoms with E-state index in [1.54, 1.807) is 24.4 Å². The molecule has 8 nitrogen and oxygen atoms in total. The summed E-state index contributed by atoms with van der Waals surface area (Å²) >= 11 is 0. The summed E-state index contributed by atoms with van der Waals surface area (Å²) in [5, 5.41) is 3.63. The first kappa shape index (κ1) is 20.7. The number of aromatic nitrogens is 5. The summed E-state index contributed by atoms with van der Waals surface area (Å²) in [4.78, 5) is 17.0. The second-order valence-electron chi connectivity index (χ2n) is 8.91. The average Bonchev–Trinajstić information content (AvgIpc) is 3.31. The van der Waals surface area contributed by atoms with Crippen molar-refractivity contribution in [2.45, 2.75) is 45.2 Å². The Hall–Kier alpha value is -3.85. The minimum Gasteiger partial charge on any atom is -0.421 e. The minimum absolute atomic E-state index is 0.0485. The molecule has 4 aromatic rings. The number of nitrogens with two attached hydrogens (primary N) is 1. The normalized spacial score (nSPS) is 19.4. The Morgan fingerprint density at radius 1 is 1.15 bits per heavy atom. The molecule has 0 amide bonds. The van der Waals surface area contributed by atoms with Gasteiger partial charge in [0.1, 0.15) is 11.8 Å². The van der Waals surface area contributed by atoms with Crippen molar-refractivity contribution < 1.29 is 9.13 Å². The molecule has 2 atom stereocenters. The van der Waals surface area contributed by atoms with Gasteiger partial charge in [-0.1, -0.05) is 6.08 Å². The van der Waals surface area contributed by atoms with Gasteiger partial charge in [0.15, 0.2) is 17.4 Å². The fraction of sp³-hybridized carbons (Fsp3) is 0.280. The molecule has 34 heavy (non-hydrogen) atoms. The quantitative estimate of drug-likeness (QED) is 0.472. The summed E-state index contributed by atoms with van der Waals surface area (Å²) in [5.41, 5.74) is 12.3. The van der Waals surface area contributed by atoms with Gasteiger partial charge in [0, 0.05) is 41.3 Å². The number of rotatable bonds is 4. The number of nitrogens with one attached hydrogen (secondary N) is 1. The Bertz CT molecular complexity index is 1460. The van der Waals surface area contributed by atoms with E-state index in [-0.39, 0.29) is 11.8 Å². The van der Waals surface area contributed by atoms with Crippen LogP contribution in [-0.2, 0) is 0 Å². The van der Waals surface area contributed by atoms with Gasteiger partial charge in [0.2, 0.25) is 0 Å². The van der Waals surface area contributed by atoms with Crippen molar-refractivity contribution in [3.8, 4) is 17.4 Å². The van der Waals surface area contributed by atoms with Crippen LogP contribution in [0.5, 0.6) is 11.8 Å². The summed E-state index contributed by atoms with van der Waals surface area (Å²) in [6.07, 6.45) is 8.50. The van der Waals surface area contributed by atoms with E-state index in [1.165, 1.54) is 18.0 Å². The molecular formula is C25H24FN7O. The predicted molar refractivity (Wildman–Crippen MR) is 127 cm³/mol. The lowest BCUT2D eigenvalue weighted by Gasteiger charge is -2.23. The zero-order chi connectivity index (χ0) is 23.4. The molecule has 2 aliphatic rings. The third kappa shape index (κ3) is 3.40. The van der Waals surface area contributed by atoms with Crippen molar-refractivity contribution in [2.75, 3.05) is 5.73 Å². The number of anilines is 1. The first-order valence-electron chi connectivity index (χ1n) is 11.3. The van der Waals surface area contributed by atoms with Gasteiger partial charge in [0.25, 0.3) is 0 Å². The van der Waals surface area contributed by atoms with Crippen LogP contribution in [0.15, 0.2) is 42.9 Å². The van der Waals surface area contributed by atoms with Crippen molar-refractivity contribution in [1.82, 2.24) is 29.8 Å². The predicted octanol–water partition coefficient (Wildman–Crippen LogP) is 4.25. The van der Waals surface area contributed by atoms with E-state index >= 15 is 4.39 Å². The lowest BCUT2D eigenvalue weighted by Crippen LogP contribution is -2.32. The smallest absolute Gasteiger partial charge is 0.322 e. The molecule has 0 aliphatic carbocycles. The number of nitrogen functional groups attached to an aromatic ring is 1. The molecule has 1 fully saturated rings. The van der Waals surface area contributed by atoms with E-state index in [0.29, 0.717) is 29.1 Å². The number of nitrogens with zero attached hydrogens (tertiary/aromatic N) is 5. The number of benzene rings is 1. The van der Waals surface area contributed by atoms with Crippen LogP contribution in [0, 0.1) is 19.7 Å². The van der Waals surface area contributed by atoms with Gasteiger partial charge in [-0.15, -0.1) is 0 Å². The lowest BCUT2D eigenvalue weighted by molar-refractivity contribution is 0.410. The fourth-order valence-electron chi connectivity index (χ4n) is 5.10. The molecule has 2 bridgehead atoms. The molecular weight excluding hydrogens is 433 g/mol. The number of fused-ring (bicyclic) bond motifs is 3. The molecule has 0 spiro atoms. The van der Waals surface area contributed by atoms with Gasteiger partial charge >= 0.3 is 6.01 Å². The number of halogens is 1. The van der Waals surface area contributed by atoms with Crippen LogP contribution in [0.2, 0.25) is 0 Å². The number of ether oxygens (including phenoxy) is 1. The molecule has 1 saturated heterocycles. The third-order valence-electron chi connectivity index (χ3n) is 6.60. The van der Waals surface area contributed by atoms with Crippen molar-refractivity contribution in [1.29, 1.82) is 0 Å². The van der Waals surface area contributed by atoms with Gasteiger partial charge < -0.3 is 20.4 Å². The Morgan fingerprint density at radius 3 is 2.82 bits per heavy atom. The Kier molecular flexibility index (Phi) is 4.80. The van der Waals surface area contributed by atoms with Crippen LogP contribution in [-0.4, -0.2) is 36.6 Å². The summed E-state index contributed by atoms with van der Waals surface area (Å²) in [7, 11) is 0. The zero-order valence-corrected chi connectivity index (χ0v) is 18.9. The molecule has 172 valence electrons. The van der Waals surface area contributed by atoms with E-state index in [2.05, 4.69) is 31.3 Å². The second-order valence-corrected chi connectivity index (χ2v) is 8.91. The van der Waals surface area contributed by atoms with Crippen molar-refractivity contribution >= 4 is 22.4 Å². The number of aryl methyl sites for hydroxylation is 2. The van der Waals surface area contributed by atoms with Crippen molar-refractivity contribution in [3.05, 3.63) is 65.6 Å². The first-order valence-corrected chi connectivity index (χ1v) is 11.3. The topological polar surface area (TPSA) is 104 Å². The maximum Gasteiger partial charge on any atom is 0.322 e. The van der Waals surface area contributed by atoms with Crippen LogP contribution in [0.3, 0.4) is 0 Å². The van der Waals surface area contributed by atoms with Crippen molar-refractivity contribution in [2.24, 2.45) is 0 Å². The molecule has 2 aliphatic heterocycles. The molecule has 3 N–H and O–H groups in total. The molecule has 0 saturated carbocycles. The zero-order valence-electron chi connectivity index (χ0n) is 18.9. The standard InChI is InChI=1S/C25H24FN7O/c1-13-7-8-28-25(31-13)34-20-6-5-18(11-19(20)26)33-22(15-9-16-3-4-17(10-15)32-16)14(2)21-23(33)24(27)30-12-29-21/h5-9,11-12,16-17,32H,3-4,10H2,1-2H3,(H2,27,29,30). The molecule has 1 aromatic carbocycles. The summed E-state index contributed by atoms with van der Waals surface area (Å²) in [6.45, 7) is 3.86. The van der Waals surface area contributed by atoms with Gasteiger partial charge in [0.05, 0.1) is 11.2 Å². The largest absolute Gasteiger partial charge is 0.421 e. The molecule has 6 rings (SSSR count). The third-order valence-corrected chi connectivity index (χ3v) is 6.60. The van der Waals surface area contributed by atoms with Gasteiger partial charge in [-0.05, 0) is 56.9 Å². The Labute approximate surface area is 195 Å².